The van der Waals surface area contributed by atoms with Crippen molar-refractivity contribution in [1.82, 2.24) is 10.2 Å². The number of aliphatic hydroxyl groups is 1. The van der Waals surface area contributed by atoms with E-state index in [1.807, 2.05) is 6.07 Å². The Hall–Kier alpha value is -1.87. The van der Waals surface area contributed by atoms with Crippen LogP contribution < -0.4 is 45.3 Å². The van der Waals surface area contributed by atoms with Crippen LogP contribution in [0.1, 0.15) is 26.2 Å². The molecule has 3 amide bonds. The number of carboxylic acid groups (broad SMARTS) is 1. The second-order valence-corrected chi connectivity index (χ2v) is 7.61. The molecule has 1 aromatic carbocycles. The SMILES string of the molecule is CC(O)[C@H]1C(=O)N2C(C(=O)[O-])=C3[C@@H](NC(=O)Nc4ccccc4)CCC[C@@H]3[C@H]12.[Na+]. The molecule has 0 bridgehead atoms. The Labute approximate surface area is 190 Å². The van der Waals surface area contributed by atoms with Crippen molar-refractivity contribution < 1.29 is 54.2 Å². The Balaban J connectivity index is 0.00000240. The number of nitrogens with one attached hydrogen (secondary N) is 2. The second-order valence-electron chi connectivity index (χ2n) is 7.61. The number of hydrogen-bond donors (Lipinski definition) is 3. The monoisotopic (exact) mass is 407 g/mol. The van der Waals surface area contributed by atoms with Crippen molar-refractivity contribution in [2.24, 2.45) is 11.8 Å². The molecule has 1 aromatic rings. The third kappa shape index (κ3) is 3.70. The number of hydrogen-bond acceptors (Lipinski definition) is 5. The number of benzene rings is 1. The van der Waals surface area contributed by atoms with E-state index >= 15 is 0 Å². The first-order valence-electron chi connectivity index (χ1n) is 9.49. The normalized spacial score (nSPS) is 28.5. The number of β-lactam (4-membered cyclic amide) rings is 1. The summed E-state index contributed by atoms with van der Waals surface area (Å²) in [6.45, 7) is 1.54. The van der Waals surface area contributed by atoms with Crippen molar-refractivity contribution in [3.8, 4) is 0 Å². The number of urea groups is 1. The number of amides is 3. The molecule has 2 aliphatic heterocycles. The minimum Gasteiger partial charge on any atom is -0.543 e. The van der Waals surface area contributed by atoms with E-state index in [9.17, 15) is 24.6 Å². The van der Waals surface area contributed by atoms with E-state index in [-0.39, 0.29) is 47.2 Å². The third-order valence-electron chi connectivity index (χ3n) is 5.95. The van der Waals surface area contributed by atoms with E-state index in [2.05, 4.69) is 10.6 Å². The predicted molar refractivity (Wildman–Crippen MR) is 97.6 cm³/mol. The van der Waals surface area contributed by atoms with Gasteiger partial charge in [-0.15, -0.1) is 0 Å². The van der Waals surface area contributed by atoms with Gasteiger partial charge in [0.1, 0.15) is 0 Å². The maximum absolute atomic E-state index is 12.5. The van der Waals surface area contributed by atoms with Crippen molar-refractivity contribution in [3.05, 3.63) is 41.6 Å². The molecule has 1 saturated heterocycles. The molecule has 3 aliphatic rings. The van der Waals surface area contributed by atoms with Crippen LogP contribution in [0.25, 0.3) is 0 Å². The van der Waals surface area contributed by atoms with Gasteiger partial charge in [-0.1, -0.05) is 24.6 Å². The van der Waals surface area contributed by atoms with Gasteiger partial charge in [0.25, 0.3) is 0 Å². The van der Waals surface area contributed by atoms with Gasteiger partial charge in [0, 0.05) is 11.6 Å². The molecule has 8 nitrogen and oxygen atoms in total. The number of nitrogens with zero attached hydrogens (tertiary/aromatic N) is 1. The molecule has 1 saturated carbocycles. The standard InChI is InChI=1S/C20H23N3O5.Na/c1-10(24)14-16-12-8-5-9-13(15(12)17(19(26)27)23(16)18(14)25)22-20(28)21-11-6-3-2-4-7-11;/h2-4,6-7,10,12-14,16,24H,5,8-9H2,1H3,(H,26,27)(H2,21,22,28);/q;+1/p-1/t10?,12-,13-,14+,16+;/m0./s1. The number of carboxylic acids is 1. The summed E-state index contributed by atoms with van der Waals surface area (Å²) in [5.41, 5.74) is 1.03. The van der Waals surface area contributed by atoms with Gasteiger partial charge in [0.2, 0.25) is 5.91 Å². The van der Waals surface area contributed by atoms with Gasteiger partial charge in [-0.3, -0.25) is 4.79 Å². The van der Waals surface area contributed by atoms with Crippen LogP contribution in [0, 0.1) is 11.8 Å². The summed E-state index contributed by atoms with van der Waals surface area (Å²) in [7, 11) is 0. The molecule has 0 aromatic heterocycles. The summed E-state index contributed by atoms with van der Waals surface area (Å²) in [5.74, 6) is -2.62. The Morgan fingerprint density at radius 2 is 1.93 bits per heavy atom. The molecule has 2 fully saturated rings. The molecule has 29 heavy (non-hydrogen) atoms. The third-order valence-corrected chi connectivity index (χ3v) is 5.95. The van der Waals surface area contributed by atoms with E-state index in [1.165, 1.54) is 4.90 Å². The van der Waals surface area contributed by atoms with Crippen molar-refractivity contribution in [2.45, 2.75) is 44.4 Å². The van der Waals surface area contributed by atoms with Crippen molar-refractivity contribution >= 4 is 23.6 Å². The fraction of sp³-hybridized carbons (Fsp3) is 0.450. The van der Waals surface area contributed by atoms with Crippen LogP contribution in [0.15, 0.2) is 41.6 Å². The molecule has 2 heterocycles. The largest absolute Gasteiger partial charge is 1.00 e. The van der Waals surface area contributed by atoms with E-state index in [0.717, 1.165) is 6.42 Å². The minimum atomic E-state index is -1.42. The molecule has 148 valence electrons. The molecule has 4 rings (SSSR count). The quantitative estimate of drug-likeness (QED) is 0.368. The van der Waals surface area contributed by atoms with Crippen LogP contribution in [0.5, 0.6) is 0 Å². The summed E-state index contributed by atoms with van der Waals surface area (Å²) < 4.78 is 0. The number of fused-ring (bicyclic) bond motifs is 3. The van der Waals surface area contributed by atoms with E-state index in [1.54, 1.807) is 31.2 Å². The zero-order valence-electron chi connectivity index (χ0n) is 16.4. The molecule has 0 radical (unpaired) electrons. The fourth-order valence-corrected chi connectivity index (χ4v) is 4.87. The van der Waals surface area contributed by atoms with Crippen LogP contribution in [0.4, 0.5) is 10.5 Å². The zero-order chi connectivity index (χ0) is 20.0. The number of aliphatic hydroxyl groups excluding tert-OH is 1. The van der Waals surface area contributed by atoms with E-state index in [0.29, 0.717) is 24.1 Å². The van der Waals surface area contributed by atoms with Gasteiger partial charge >= 0.3 is 35.6 Å². The van der Waals surface area contributed by atoms with Crippen molar-refractivity contribution in [2.75, 3.05) is 5.32 Å². The average Bonchev–Trinajstić information content (AvgIpc) is 2.94. The van der Waals surface area contributed by atoms with Crippen LogP contribution in [0.3, 0.4) is 0 Å². The minimum absolute atomic E-state index is 0. The molecule has 0 spiro atoms. The fourth-order valence-electron chi connectivity index (χ4n) is 4.87. The van der Waals surface area contributed by atoms with Crippen LogP contribution in [-0.2, 0) is 9.59 Å². The summed E-state index contributed by atoms with van der Waals surface area (Å²) in [6, 6.07) is 7.63. The van der Waals surface area contributed by atoms with E-state index in [4.69, 9.17) is 0 Å². The number of rotatable bonds is 4. The van der Waals surface area contributed by atoms with Gasteiger partial charge in [-0.05, 0) is 37.5 Å². The first-order chi connectivity index (χ1) is 13.4. The number of carbonyl (C=O) groups excluding carboxylic acids is 3. The van der Waals surface area contributed by atoms with Gasteiger partial charge < -0.3 is 30.5 Å². The van der Waals surface area contributed by atoms with Crippen LogP contribution in [-0.4, -0.2) is 46.1 Å². The zero-order valence-corrected chi connectivity index (χ0v) is 18.4. The number of aliphatic carboxylic acids is 1. The molecular formula is C20H22N3NaO5. The Kier molecular flexibility index (Phi) is 6.38. The predicted octanol–water partition coefficient (Wildman–Crippen LogP) is -2.79. The molecule has 5 atom stereocenters. The summed E-state index contributed by atoms with van der Waals surface area (Å²) in [4.78, 5) is 38.0. The summed E-state index contributed by atoms with van der Waals surface area (Å²) in [6.07, 6.45) is 1.22. The first kappa shape index (κ1) is 21.8. The summed E-state index contributed by atoms with van der Waals surface area (Å²) in [5, 5.41) is 27.4. The van der Waals surface area contributed by atoms with Crippen LogP contribution in [0.2, 0.25) is 0 Å². The van der Waals surface area contributed by atoms with Crippen LogP contribution >= 0.6 is 0 Å². The molecule has 3 N–H and O–H groups in total. The summed E-state index contributed by atoms with van der Waals surface area (Å²) >= 11 is 0. The topological polar surface area (TPSA) is 122 Å². The smallest absolute Gasteiger partial charge is 0.543 e. The van der Waals surface area contributed by atoms with Crippen molar-refractivity contribution in [3.63, 3.8) is 0 Å². The van der Waals surface area contributed by atoms with Gasteiger partial charge in [0.05, 0.1) is 35.8 Å². The average molecular weight is 407 g/mol. The van der Waals surface area contributed by atoms with Gasteiger partial charge in [0.15, 0.2) is 0 Å². The molecule has 1 aliphatic carbocycles. The number of carbonyl (C=O) groups is 3. The second kappa shape index (κ2) is 8.47. The number of anilines is 1. The van der Waals surface area contributed by atoms with E-state index < -0.39 is 36.0 Å². The Morgan fingerprint density at radius 1 is 1.24 bits per heavy atom. The molecular weight excluding hydrogens is 385 g/mol. The van der Waals surface area contributed by atoms with Gasteiger partial charge in [-0.25, -0.2) is 4.79 Å². The Bertz CT molecular complexity index is 857. The van der Waals surface area contributed by atoms with Gasteiger partial charge in [-0.2, -0.15) is 0 Å². The molecule has 9 heteroatoms. The first-order valence-corrected chi connectivity index (χ1v) is 9.49. The number of para-hydroxylation sites is 1. The Morgan fingerprint density at radius 3 is 2.55 bits per heavy atom. The maximum Gasteiger partial charge on any atom is 1.00 e. The maximum atomic E-state index is 12.5. The van der Waals surface area contributed by atoms with Crippen molar-refractivity contribution in [1.29, 1.82) is 0 Å². The molecule has 1 unspecified atom stereocenters.